The van der Waals surface area contributed by atoms with E-state index in [1.165, 1.54) is 120 Å². The van der Waals surface area contributed by atoms with E-state index in [2.05, 4.69) is 218 Å². The van der Waals surface area contributed by atoms with Gasteiger partial charge in [0, 0.05) is 61.1 Å². The molecule has 3 aliphatic heterocycles. The Balaban J connectivity index is 1.11. The largest absolute Gasteiger partial charge is 0.456 e. The number of benzene rings is 7. The molecular formula is C64H62BN3O. The fourth-order valence-corrected chi connectivity index (χ4v) is 14.5. The third-order valence-corrected chi connectivity index (χ3v) is 18.2. The molecule has 5 heteroatoms. The van der Waals surface area contributed by atoms with Crippen LogP contribution in [0, 0.1) is 6.92 Å². The summed E-state index contributed by atoms with van der Waals surface area (Å²) >= 11 is 0. The van der Waals surface area contributed by atoms with Crippen LogP contribution < -0.4 is 26.2 Å². The molecule has 2 aromatic heterocycles. The number of nitrogens with zero attached hydrogens (tertiary/aromatic N) is 3. The van der Waals surface area contributed by atoms with Gasteiger partial charge in [0.1, 0.15) is 11.2 Å². The monoisotopic (exact) mass is 899 g/mol. The molecule has 4 nitrogen and oxygen atoms in total. The van der Waals surface area contributed by atoms with Gasteiger partial charge >= 0.3 is 0 Å². The summed E-state index contributed by atoms with van der Waals surface area (Å²) in [5.41, 5.74) is 25.8. The molecule has 0 amide bonds. The molecule has 1 saturated carbocycles. The van der Waals surface area contributed by atoms with Crippen LogP contribution in [0.1, 0.15) is 128 Å². The number of fused-ring (bicyclic) bond motifs is 15. The minimum absolute atomic E-state index is 0.0117. The molecule has 69 heavy (non-hydrogen) atoms. The molecule has 2 aliphatic carbocycles. The molecule has 1 fully saturated rings. The van der Waals surface area contributed by atoms with Crippen molar-refractivity contribution >= 4 is 84.4 Å². The van der Waals surface area contributed by atoms with E-state index >= 15 is 0 Å². The molecule has 5 aliphatic rings. The molecule has 0 N–H and O–H groups in total. The Kier molecular flexibility index (Phi) is 7.96. The standard InChI is InChI=1S/C64H62BN3O/c1-37-31-51-57-52(32-37)67-58-43(56-59(67)41-19-12-14-21-44(41)62(56,8)9)33-39(61(5,6)7)35-47(58)65(57)46-27-26-40(36-50(46)66(51)49-22-18-24-54-55(49)42-20-13-15-23-53(42)69-54)68-48-28-25-38(60(2,3)4)34-45(48)63(10)29-16-17-30-64(63,68)11/h12-15,18-28,31-36H,16-17,29-30H2,1-11H3. The Morgan fingerprint density at radius 1 is 0.580 bits per heavy atom. The molecule has 342 valence electrons. The van der Waals surface area contributed by atoms with E-state index in [0.717, 1.165) is 34.0 Å². The van der Waals surface area contributed by atoms with Crippen LogP contribution in [0.3, 0.4) is 0 Å². The number of hydrogen-bond acceptors (Lipinski definition) is 3. The molecule has 0 spiro atoms. The lowest BCUT2D eigenvalue weighted by Gasteiger charge is -2.50. The van der Waals surface area contributed by atoms with E-state index < -0.39 is 0 Å². The molecule has 2 atom stereocenters. The van der Waals surface area contributed by atoms with Crippen molar-refractivity contribution in [2.45, 2.75) is 129 Å². The van der Waals surface area contributed by atoms with Crippen LogP contribution in [-0.2, 0) is 21.7 Å². The van der Waals surface area contributed by atoms with Gasteiger partial charge in [-0.05, 0) is 142 Å². The predicted molar refractivity (Wildman–Crippen MR) is 292 cm³/mol. The average molecular weight is 900 g/mol. The molecule has 5 heterocycles. The first-order valence-electron chi connectivity index (χ1n) is 25.7. The van der Waals surface area contributed by atoms with Gasteiger partial charge < -0.3 is 18.8 Å². The molecular weight excluding hydrogens is 838 g/mol. The molecule has 0 bridgehead atoms. The Hall–Kier alpha value is -6.46. The van der Waals surface area contributed by atoms with Crippen LogP contribution in [0.25, 0.3) is 49.8 Å². The van der Waals surface area contributed by atoms with Gasteiger partial charge in [-0.1, -0.05) is 148 Å². The van der Waals surface area contributed by atoms with Gasteiger partial charge in [-0.15, -0.1) is 0 Å². The zero-order valence-electron chi connectivity index (χ0n) is 42.3. The zero-order chi connectivity index (χ0) is 47.5. The molecule has 7 aromatic carbocycles. The van der Waals surface area contributed by atoms with Crippen molar-refractivity contribution in [1.82, 2.24) is 4.57 Å². The number of furan rings is 1. The van der Waals surface area contributed by atoms with Crippen molar-refractivity contribution in [3.63, 3.8) is 0 Å². The van der Waals surface area contributed by atoms with Crippen molar-refractivity contribution in [2.75, 3.05) is 9.80 Å². The Bertz CT molecular complexity index is 3760. The lowest BCUT2D eigenvalue weighted by molar-refractivity contribution is 0.195. The molecule has 14 rings (SSSR count). The van der Waals surface area contributed by atoms with E-state index in [1.807, 2.05) is 0 Å². The van der Waals surface area contributed by atoms with E-state index in [1.54, 1.807) is 0 Å². The second-order valence-corrected chi connectivity index (χ2v) is 24.5. The minimum Gasteiger partial charge on any atom is -0.456 e. The second kappa shape index (κ2) is 13.2. The lowest BCUT2D eigenvalue weighted by atomic mass is 9.33. The summed E-state index contributed by atoms with van der Waals surface area (Å²) < 4.78 is 9.41. The molecule has 0 saturated heterocycles. The lowest BCUT2D eigenvalue weighted by Crippen LogP contribution is -2.61. The van der Waals surface area contributed by atoms with Gasteiger partial charge in [0.05, 0.1) is 22.3 Å². The van der Waals surface area contributed by atoms with Crippen LogP contribution in [-0.4, -0.2) is 16.8 Å². The SMILES string of the molecule is Cc1cc2c3c(c1)-n1c4c(c5cc(C(C)(C)C)cc(c51)B3c1ccc(N3c5ccc(C(C)(C)C)cc5C5(C)CCCCC35C)cc1N2c1cccc2oc3ccccc3c12)C(C)(C)c1ccccc1-4. The Morgan fingerprint density at radius 2 is 1.32 bits per heavy atom. The molecule has 2 unspecified atom stereocenters. The fraction of sp³-hybridized carbons (Fsp3) is 0.312. The zero-order valence-corrected chi connectivity index (χ0v) is 42.3. The van der Waals surface area contributed by atoms with Gasteiger partial charge in [0.2, 0.25) is 0 Å². The van der Waals surface area contributed by atoms with Crippen molar-refractivity contribution in [2.24, 2.45) is 0 Å². The predicted octanol–water partition coefficient (Wildman–Crippen LogP) is 15.1. The van der Waals surface area contributed by atoms with Crippen LogP contribution in [0.15, 0.2) is 132 Å². The fourth-order valence-electron chi connectivity index (χ4n) is 14.5. The van der Waals surface area contributed by atoms with Crippen LogP contribution in [0.4, 0.5) is 28.4 Å². The van der Waals surface area contributed by atoms with Gasteiger partial charge in [0.25, 0.3) is 6.71 Å². The summed E-state index contributed by atoms with van der Waals surface area (Å²) in [5, 5.41) is 3.68. The number of aryl methyl sites for hydroxylation is 1. The summed E-state index contributed by atoms with van der Waals surface area (Å²) in [5.74, 6) is 0. The second-order valence-electron chi connectivity index (χ2n) is 24.5. The number of para-hydroxylation sites is 1. The Labute approximate surface area is 408 Å². The highest BCUT2D eigenvalue weighted by Gasteiger charge is 2.58. The van der Waals surface area contributed by atoms with Gasteiger partial charge in [0.15, 0.2) is 0 Å². The summed E-state index contributed by atoms with van der Waals surface area (Å²) in [6, 6.07) is 49.7. The van der Waals surface area contributed by atoms with Gasteiger partial charge in [-0.25, -0.2) is 0 Å². The number of rotatable bonds is 2. The summed E-state index contributed by atoms with van der Waals surface area (Å²) in [6.07, 6.45) is 4.83. The van der Waals surface area contributed by atoms with Crippen molar-refractivity contribution in [3.8, 4) is 16.9 Å². The summed E-state index contributed by atoms with van der Waals surface area (Å²) in [7, 11) is 0. The first-order chi connectivity index (χ1) is 32.9. The van der Waals surface area contributed by atoms with Gasteiger partial charge in [-0.3, -0.25) is 0 Å². The normalized spacial score (nSPS) is 20.6. The van der Waals surface area contributed by atoms with Crippen LogP contribution in [0.5, 0.6) is 0 Å². The highest BCUT2D eigenvalue weighted by molar-refractivity contribution is 7.00. The first kappa shape index (κ1) is 41.5. The van der Waals surface area contributed by atoms with Crippen LogP contribution in [0.2, 0.25) is 0 Å². The smallest absolute Gasteiger partial charge is 0.252 e. The average Bonchev–Trinajstić information content (AvgIpc) is 4.00. The van der Waals surface area contributed by atoms with Gasteiger partial charge in [-0.2, -0.15) is 0 Å². The number of hydrogen-bond donors (Lipinski definition) is 0. The molecule has 0 radical (unpaired) electrons. The minimum atomic E-state index is -0.170. The maximum atomic E-state index is 6.71. The highest BCUT2D eigenvalue weighted by Crippen LogP contribution is 2.62. The topological polar surface area (TPSA) is 24.6 Å². The van der Waals surface area contributed by atoms with E-state index in [0.29, 0.717) is 0 Å². The number of aromatic nitrogens is 1. The van der Waals surface area contributed by atoms with E-state index in [9.17, 15) is 0 Å². The van der Waals surface area contributed by atoms with Crippen molar-refractivity contribution in [1.29, 1.82) is 0 Å². The van der Waals surface area contributed by atoms with E-state index in [4.69, 9.17) is 4.42 Å². The summed E-state index contributed by atoms with van der Waals surface area (Å²) in [4.78, 5) is 5.43. The third-order valence-electron chi connectivity index (χ3n) is 18.2. The maximum Gasteiger partial charge on any atom is 0.252 e. The summed E-state index contributed by atoms with van der Waals surface area (Å²) in [6.45, 7) is 26.6. The quantitative estimate of drug-likeness (QED) is 0.162. The Morgan fingerprint density at radius 3 is 2.13 bits per heavy atom. The van der Waals surface area contributed by atoms with E-state index in [-0.39, 0.29) is 33.9 Å². The highest BCUT2D eigenvalue weighted by atomic mass is 16.3. The first-order valence-corrected chi connectivity index (χ1v) is 25.7. The van der Waals surface area contributed by atoms with Crippen LogP contribution >= 0.6 is 0 Å². The molecule has 9 aromatic rings. The van der Waals surface area contributed by atoms with Crippen molar-refractivity contribution in [3.05, 3.63) is 161 Å². The van der Waals surface area contributed by atoms with Crippen molar-refractivity contribution < 1.29 is 4.42 Å². The number of anilines is 5. The third kappa shape index (κ3) is 5.16. The maximum absolute atomic E-state index is 6.71.